The van der Waals surface area contributed by atoms with Gasteiger partial charge in [0.1, 0.15) is 0 Å². The molecule has 1 heterocycles. The zero-order valence-electron chi connectivity index (χ0n) is 6.68. The Hall–Kier alpha value is 0.310. The van der Waals surface area contributed by atoms with Crippen LogP contribution in [0.15, 0.2) is 0 Å². The van der Waals surface area contributed by atoms with Gasteiger partial charge in [-0.3, -0.25) is 0 Å². The highest BCUT2D eigenvalue weighted by Crippen LogP contribution is 2.68. The summed E-state index contributed by atoms with van der Waals surface area (Å²) >= 11 is 2.07. The Bertz CT molecular complexity index is 159. The lowest BCUT2D eigenvalue weighted by molar-refractivity contribution is 0.429. The summed E-state index contributed by atoms with van der Waals surface area (Å²) in [6.45, 7) is 4.62. The van der Waals surface area contributed by atoms with Crippen LogP contribution >= 0.6 is 11.8 Å². The smallest absolute Gasteiger partial charge is 0.0167 e. The van der Waals surface area contributed by atoms with E-state index >= 15 is 0 Å². The number of thioether (sulfide) groups is 1. The first kappa shape index (κ1) is 6.99. The summed E-state index contributed by atoms with van der Waals surface area (Å²) in [6, 6.07) is 0.481. The van der Waals surface area contributed by atoms with Crippen LogP contribution in [0.4, 0.5) is 0 Å². The molecule has 2 fully saturated rings. The molecule has 2 atom stereocenters. The summed E-state index contributed by atoms with van der Waals surface area (Å²) in [4.78, 5) is 0. The van der Waals surface area contributed by atoms with Gasteiger partial charge < -0.3 is 5.73 Å². The van der Waals surface area contributed by atoms with E-state index < -0.39 is 0 Å². The van der Waals surface area contributed by atoms with E-state index in [9.17, 15) is 0 Å². The molecule has 1 saturated heterocycles. The molecule has 1 aliphatic heterocycles. The summed E-state index contributed by atoms with van der Waals surface area (Å²) in [7, 11) is 0. The summed E-state index contributed by atoms with van der Waals surface area (Å²) in [5, 5.41) is 0. The van der Waals surface area contributed by atoms with E-state index in [2.05, 4.69) is 25.6 Å². The molecule has 58 valence electrons. The Balaban J connectivity index is 2.20. The first-order valence-corrected chi connectivity index (χ1v) is 5.10. The minimum Gasteiger partial charge on any atom is -0.327 e. The standard InChI is InChI=1S/C8H15NS/c1-7(2)6(9)8(7)3-4-10-5-8/h6H,3-5,9H2,1-2H3. The molecule has 1 saturated carbocycles. The molecule has 2 heteroatoms. The Kier molecular flexibility index (Phi) is 1.20. The van der Waals surface area contributed by atoms with E-state index in [0.29, 0.717) is 16.9 Å². The third-order valence-corrected chi connectivity index (χ3v) is 4.84. The molecule has 2 unspecified atom stereocenters. The maximum absolute atomic E-state index is 6.03. The van der Waals surface area contributed by atoms with E-state index in [-0.39, 0.29) is 0 Å². The van der Waals surface area contributed by atoms with Crippen LogP contribution in [-0.2, 0) is 0 Å². The lowest BCUT2D eigenvalue weighted by Crippen LogP contribution is -2.12. The highest BCUT2D eigenvalue weighted by atomic mass is 32.2. The SMILES string of the molecule is CC1(C)C(N)C12CCSC2. The molecule has 0 radical (unpaired) electrons. The van der Waals surface area contributed by atoms with Gasteiger partial charge in [0.15, 0.2) is 0 Å². The molecule has 1 spiro atoms. The quantitative estimate of drug-likeness (QED) is 0.576. The Morgan fingerprint density at radius 2 is 2.10 bits per heavy atom. The van der Waals surface area contributed by atoms with Crippen molar-refractivity contribution in [2.75, 3.05) is 11.5 Å². The number of hydrogen-bond acceptors (Lipinski definition) is 2. The largest absolute Gasteiger partial charge is 0.327 e. The van der Waals surface area contributed by atoms with E-state index in [1.165, 1.54) is 17.9 Å². The van der Waals surface area contributed by atoms with E-state index in [1.54, 1.807) is 0 Å². The molecule has 0 aromatic carbocycles. The highest BCUT2D eigenvalue weighted by Gasteiger charge is 2.69. The molecular weight excluding hydrogens is 142 g/mol. The molecule has 0 bridgehead atoms. The molecule has 1 aliphatic carbocycles. The molecule has 0 aromatic rings. The van der Waals surface area contributed by atoms with E-state index in [1.807, 2.05) is 0 Å². The van der Waals surface area contributed by atoms with Gasteiger partial charge in [0.05, 0.1) is 0 Å². The van der Waals surface area contributed by atoms with Crippen molar-refractivity contribution < 1.29 is 0 Å². The second-order valence-electron chi connectivity index (χ2n) is 4.16. The van der Waals surface area contributed by atoms with Crippen LogP contribution in [0.1, 0.15) is 20.3 Å². The molecule has 2 N–H and O–H groups in total. The second kappa shape index (κ2) is 1.72. The van der Waals surface area contributed by atoms with Crippen molar-refractivity contribution in [2.24, 2.45) is 16.6 Å². The van der Waals surface area contributed by atoms with Crippen LogP contribution < -0.4 is 5.73 Å². The summed E-state index contributed by atoms with van der Waals surface area (Å²) in [5.74, 6) is 2.64. The highest BCUT2D eigenvalue weighted by molar-refractivity contribution is 7.99. The Morgan fingerprint density at radius 3 is 2.30 bits per heavy atom. The second-order valence-corrected chi connectivity index (χ2v) is 5.26. The normalized spacial score (nSPS) is 50.1. The topological polar surface area (TPSA) is 26.0 Å². The first-order valence-electron chi connectivity index (χ1n) is 3.95. The van der Waals surface area contributed by atoms with Crippen LogP contribution in [-0.4, -0.2) is 17.5 Å². The van der Waals surface area contributed by atoms with Crippen LogP contribution in [0, 0.1) is 10.8 Å². The van der Waals surface area contributed by atoms with Gasteiger partial charge in [0.25, 0.3) is 0 Å². The molecule has 0 aromatic heterocycles. The van der Waals surface area contributed by atoms with Crippen molar-refractivity contribution in [2.45, 2.75) is 26.3 Å². The predicted molar refractivity (Wildman–Crippen MR) is 46.1 cm³/mol. The van der Waals surface area contributed by atoms with Crippen LogP contribution in [0.5, 0.6) is 0 Å². The predicted octanol–water partition coefficient (Wildman–Crippen LogP) is 1.48. The van der Waals surface area contributed by atoms with E-state index in [0.717, 1.165) is 0 Å². The van der Waals surface area contributed by atoms with Crippen molar-refractivity contribution in [3.05, 3.63) is 0 Å². The van der Waals surface area contributed by atoms with Gasteiger partial charge in [-0.05, 0) is 17.6 Å². The van der Waals surface area contributed by atoms with Crippen molar-refractivity contribution in [3.63, 3.8) is 0 Å². The molecule has 10 heavy (non-hydrogen) atoms. The van der Waals surface area contributed by atoms with Crippen LogP contribution in [0.3, 0.4) is 0 Å². The third-order valence-electron chi connectivity index (χ3n) is 3.62. The van der Waals surface area contributed by atoms with Crippen molar-refractivity contribution in [3.8, 4) is 0 Å². The average Bonchev–Trinajstić information content (AvgIpc) is 2.43. The Morgan fingerprint density at radius 1 is 1.50 bits per heavy atom. The lowest BCUT2D eigenvalue weighted by Gasteiger charge is -2.08. The van der Waals surface area contributed by atoms with Gasteiger partial charge in [-0.15, -0.1) is 0 Å². The minimum atomic E-state index is 0.441. The van der Waals surface area contributed by atoms with Crippen LogP contribution in [0.25, 0.3) is 0 Å². The summed E-state index contributed by atoms with van der Waals surface area (Å²) < 4.78 is 0. The number of rotatable bonds is 0. The fraction of sp³-hybridized carbons (Fsp3) is 1.00. The van der Waals surface area contributed by atoms with Crippen molar-refractivity contribution in [1.82, 2.24) is 0 Å². The van der Waals surface area contributed by atoms with Gasteiger partial charge in [0.2, 0.25) is 0 Å². The van der Waals surface area contributed by atoms with Crippen molar-refractivity contribution >= 4 is 11.8 Å². The van der Waals surface area contributed by atoms with Crippen LogP contribution in [0.2, 0.25) is 0 Å². The molecule has 1 nitrogen and oxygen atoms in total. The van der Waals surface area contributed by atoms with Gasteiger partial charge >= 0.3 is 0 Å². The lowest BCUT2D eigenvalue weighted by atomic mass is 9.96. The summed E-state index contributed by atoms with van der Waals surface area (Å²) in [6.07, 6.45) is 1.35. The van der Waals surface area contributed by atoms with E-state index in [4.69, 9.17) is 5.73 Å². The molecule has 2 aliphatic rings. The number of nitrogens with two attached hydrogens (primary N) is 1. The fourth-order valence-electron chi connectivity index (χ4n) is 2.32. The maximum atomic E-state index is 6.03. The van der Waals surface area contributed by atoms with Gasteiger partial charge in [-0.2, -0.15) is 11.8 Å². The van der Waals surface area contributed by atoms with Crippen molar-refractivity contribution in [1.29, 1.82) is 0 Å². The average molecular weight is 157 g/mol. The summed E-state index contributed by atoms with van der Waals surface area (Å²) in [5.41, 5.74) is 7.01. The zero-order valence-corrected chi connectivity index (χ0v) is 7.50. The van der Waals surface area contributed by atoms with Gasteiger partial charge in [-0.1, -0.05) is 13.8 Å². The van der Waals surface area contributed by atoms with Gasteiger partial charge in [-0.25, -0.2) is 0 Å². The zero-order chi connectivity index (χ0) is 7.41. The molecular formula is C8H15NS. The van der Waals surface area contributed by atoms with Gasteiger partial charge in [0, 0.05) is 17.2 Å². The third kappa shape index (κ3) is 0.554. The Labute approximate surface area is 66.7 Å². The maximum Gasteiger partial charge on any atom is 0.0167 e. The fourth-order valence-corrected chi connectivity index (χ4v) is 4.03. The minimum absolute atomic E-state index is 0.441. The number of hydrogen-bond donors (Lipinski definition) is 1. The first-order chi connectivity index (χ1) is 4.61. The molecule has 2 rings (SSSR count). The monoisotopic (exact) mass is 157 g/mol. The molecule has 0 amide bonds.